The number of benzene rings is 1. The number of hydrogen-bond acceptors (Lipinski definition) is 5. The average Bonchev–Trinajstić information content (AvgIpc) is 2.97. The second-order valence-corrected chi connectivity index (χ2v) is 5.53. The largest absolute Gasteiger partial charge is 0.494 e. The monoisotopic (exact) mass is 294 g/mol. The van der Waals surface area contributed by atoms with Crippen LogP contribution in [0.5, 0.6) is 5.75 Å². The quantitative estimate of drug-likeness (QED) is 0.436. The van der Waals surface area contributed by atoms with Crippen LogP contribution < -0.4 is 10.1 Å². The Kier molecular flexibility index (Phi) is 5.52. The van der Waals surface area contributed by atoms with Crippen LogP contribution in [0.25, 0.3) is 0 Å². The van der Waals surface area contributed by atoms with Gasteiger partial charge in [-0.1, -0.05) is 12.8 Å². The molecule has 1 aromatic rings. The van der Waals surface area contributed by atoms with Gasteiger partial charge in [0, 0.05) is 17.7 Å². The molecule has 0 aliphatic heterocycles. The molecular weight excluding hydrogens is 272 g/mol. The third-order valence-electron chi connectivity index (χ3n) is 4.00. The summed E-state index contributed by atoms with van der Waals surface area (Å²) in [6.45, 7) is 1.54. The highest BCUT2D eigenvalue weighted by molar-refractivity contribution is 5.35. The van der Waals surface area contributed by atoms with Crippen LogP contribution in [0, 0.1) is 10.1 Å². The molecule has 21 heavy (non-hydrogen) atoms. The number of ether oxygens (including phenoxy) is 1. The van der Waals surface area contributed by atoms with E-state index in [0.717, 1.165) is 25.8 Å². The van der Waals surface area contributed by atoms with E-state index in [9.17, 15) is 15.2 Å². The van der Waals surface area contributed by atoms with Crippen LogP contribution >= 0.6 is 0 Å². The summed E-state index contributed by atoms with van der Waals surface area (Å²) >= 11 is 0. The lowest BCUT2D eigenvalue weighted by atomic mass is 9.99. The van der Waals surface area contributed by atoms with E-state index in [4.69, 9.17) is 4.74 Å². The van der Waals surface area contributed by atoms with Crippen molar-refractivity contribution in [3.63, 3.8) is 0 Å². The summed E-state index contributed by atoms with van der Waals surface area (Å²) in [5.74, 6) is 0.637. The first-order valence-electron chi connectivity index (χ1n) is 7.38. The van der Waals surface area contributed by atoms with Gasteiger partial charge in [-0.15, -0.1) is 0 Å². The molecule has 0 bridgehead atoms. The highest BCUT2D eigenvalue weighted by atomic mass is 16.6. The summed E-state index contributed by atoms with van der Waals surface area (Å²) in [6, 6.07) is 6.09. The maximum absolute atomic E-state index is 10.5. The van der Waals surface area contributed by atoms with Crippen LogP contribution in [0.15, 0.2) is 24.3 Å². The summed E-state index contributed by atoms with van der Waals surface area (Å²) in [5, 5.41) is 23.4. The summed E-state index contributed by atoms with van der Waals surface area (Å²) in [4.78, 5) is 10.1. The molecule has 0 aromatic heterocycles. The molecule has 1 aliphatic carbocycles. The smallest absolute Gasteiger partial charge is 0.269 e. The zero-order chi connectivity index (χ0) is 15.1. The van der Waals surface area contributed by atoms with E-state index >= 15 is 0 Å². The first-order chi connectivity index (χ1) is 10.2. The number of nitrogens with zero attached hydrogens (tertiary/aromatic N) is 1. The fraction of sp³-hybridized carbons (Fsp3) is 0.600. The second-order valence-electron chi connectivity index (χ2n) is 5.53. The van der Waals surface area contributed by atoms with Crippen molar-refractivity contribution in [2.24, 2.45) is 0 Å². The average molecular weight is 294 g/mol. The summed E-state index contributed by atoms with van der Waals surface area (Å²) < 4.78 is 5.55. The Hall–Kier alpha value is -1.66. The first kappa shape index (κ1) is 15.7. The van der Waals surface area contributed by atoms with Gasteiger partial charge in [0.1, 0.15) is 5.75 Å². The minimum atomic E-state index is -0.427. The van der Waals surface area contributed by atoms with Gasteiger partial charge in [0.25, 0.3) is 5.69 Å². The lowest BCUT2D eigenvalue weighted by Gasteiger charge is -2.28. The van der Waals surface area contributed by atoms with Gasteiger partial charge in [-0.05, 0) is 37.9 Å². The molecule has 0 heterocycles. The van der Waals surface area contributed by atoms with E-state index in [2.05, 4.69) is 5.32 Å². The van der Waals surface area contributed by atoms with Crippen LogP contribution in [0.4, 0.5) is 5.69 Å². The van der Waals surface area contributed by atoms with Gasteiger partial charge in [0.05, 0.1) is 18.1 Å². The van der Waals surface area contributed by atoms with Crippen LogP contribution in [0.3, 0.4) is 0 Å². The fourth-order valence-corrected chi connectivity index (χ4v) is 2.72. The van der Waals surface area contributed by atoms with Gasteiger partial charge in [-0.2, -0.15) is 0 Å². The standard InChI is InChI=1S/C15H22N2O4/c18-12-15(8-1-2-9-15)16-10-3-11-21-14-6-4-13(5-7-14)17(19)20/h4-7,16,18H,1-3,8-12H2. The Morgan fingerprint density at radius 3 is 2.52 bits per heavy atom. The van der Waals surface area contributed by atoms with Crippen molar-refractivity contribution < 1.29 is 14.8 Å². The van der Waals surface area contributed by atoms with Crippen LogP contribution in [0.2, 0.25) is 0 Å². The zero-order valence-electron chi connectivity index (χ0n) is 12.1. The molecule has 0 saturated heterocycles. The van der Waals surface area contributed by atoms with Gasteiger partial charge >= 0.3 is 0 Å². The van der Waals surface area contributed by atoms with Gasteiger partial charge in [-0.3, -0.25) is 10.1 Å². The summed E-state index contributed by atoms with van der Waals surface area (Å²) in [7, 11) is 0. The van der Waals surface area contributed by atoms with Gasteiger partial charge in [0.2, 0.25) is 0 Å². The Morgan fingerprint density at radius 2 is 1.95 bits per heavy atom. The molecule has 6 heteroatoms. The summed E-state index contributed by atoms with van der Waals surface area (Å²) in [6.07, 6.45) is 5.25. The number of nitro groups is 1. The minimum absolute atomic E-state index is 0.0649. The Morgan fingerprint density at radius 1 is 1.29 bits per heavy atom. The normalized spacial score (nSPS) is 16.8. The van der Waals surface area contributed by atoms with Crippen molar-refractivity contribution in [3.8, 4) is 5.75 Å². The zero-order valence-corrected chi connectivity index (χ0v) is 12.1. The SMILES string of the molecule is O=[N+]([O-])c1ccc(OCCCNC2(CO)CCCC2)cc1. The van der Waals surface area contributed by atoms with Gasteiger partial charge in [0.15, 0.2) is 0 Å². The second kappa shape index (κ2) is 7.38. The molecule has 1 aromatic carbocycles. The number of non-ortho nitro benzene ring substituents is 1. The molecule has 0 spiro atoms. The molecule has 2 N–H and O–H groups in total. The van der Waals surface area contributed by atoms with Crippen molar-refractivity contribution in [2.75, 3.05) is 19.8 Å². The number of nitrogens with one attached hydrogen (secondary N) is 1. The van der Waals surface area contributed by atoms with Crippen LogP contribution in [-0.4, -0.2) is 35.3 Å². The number of rotatable bonds is 8. The van der Waals surface area contributed by atoms with Crippen molar-refractivity contribution in [1.29, 1.82) is 0 Å². The van der Waals surface area contributed by atoms with Crippen molar-refractivity contribution in [1.82, 2.24) is 5.32 Å². The maximum Gasteiger partial charge on any atom is 0.269 e. The third kappa shape index (κ3) is 4.41. The first-order valence-corrected chi connectivity index (χ1v) is 7.38. The molecule has 0 atom stereocenters. The molecule has 1 aliphatic rings. The molecule has 2 rings (SSSR count). The number of nitro benzene ring substituents is 1. The third-order valence-corrected chi connectivity index (χ3v) is 4.00. The van der Waals surface area contributed by atoms with Gasteiger partial charge < -0.3 is 15.2 Å². The Balaban J connectivity index is 1.66. The number of hydrogen-bond donors (Lipinski definition) is 2. The minimum Gasteiger partial charge on any atom is -0.494 e. The predicted octanol–water partition coefficient (Wildman–Crippen LogP) is 2.26. The molecule has 0 unspecified atom stereocenters. The van der Waals surface area contributed by atoms with Crippen molar-refractivity contribution in [3.05, 3.63) is 34.4 Å². The lowest BCUT2D eigenvalue weighted by Crippen LogP contribution is -2.46. The van der Waals surface area contributed by atoms with E-state index in [1.165, 1.54) is 25.0 Å². The topological polar surface area (TPSA) is 84.6 Å². The molecule has 1 fully saturated rings. The number of aliphatic hydroxyl groups is 1. The molecule has 6 nitrogen and oxygen atoms in total. The van der Waals surface area contributed by atoms with Crippen molar-refractivity contribution in [2.45, 2.75) is 37.6 Å². The number of aliphatic hydroxyl groups excluding tert-OH is 1. The fourth-order valence-electron chi connectivity index (χ4n) is 2.72. The molecule has 0 amide bonds. The van der Waals surface area contributed by atoms with Crippen LogP contribution in [0.1, 0.15) is 32.1 Å². The van der Waals surface area contributed by atoms with Gasteiger partial charge in [-0.25, -0.2) is 0 Å². The maximum atomic E-state index is 10.5. The molecular formula is C15H22N2O4. The molecule has 0 radical (unpaired) electrons. The highest BCUT2D eigenvalue weighted by Gasteiger charge is 2.31. The highest BCUT2D eigenvalue weighted by Crippen LogP contribution is 2.28. The van der Waals surface area contributed by atoms with E-state index in [-0.39, 0.29) is 17.8 Å². The van der Waals surface area contributed by atoms with E-state index in [0.29, 0.717) is 12.4 Å². The van der Waals surface area contributed by atoms with E-state index in [1.807, 2.05) is 0 Å². The van der Waals surface area contributed by atoms with E-state index in [1.54, 1.807) is 12.1 Å². The summed E-state index contributed by atoms with van der Waals surface area (Å²) in [5.41, 5.74) is -0.0250. The Bertz CT molecular complexity index is 455. The molecule has 116 valence electrons. The van der Waals surface area contributed by atoms with Crippen LogP contribution in [-0.2, 0) is 0 Å². The predicted molar refractivity (Wildman–Crippen MR) is 79.5 cm³/mol. The molecule has 1 saturated carbocycles. The van der Waals surface area contributed by atoms with Crippen molar-refractivity contribution >= 4 is 5.69 Å². The van der Waals surface area contributed by atoms with E-state index < -0.39 is 4.92 Å². The lowest BCUT2D eigenvalue weighted by molar-refractivity contribution is -0.384. The Labute approximate surface area is 124 Å².